The molecule has 2 atom stereocenters. The fourth-order valence-corrected chi connectivity index (χ4v) is 4.23. The van der Waals surface area contributed by atoms with Crippen molar-refractivity contribution in [2.75, 3.05) is 13.7 Å². The van der Waals surface area contributed by atoms with Crippen molar-refractivity contribution in [3.8, 4) is 11.9 Å². The van der Waals surface area contributed by atoms with Crippen molar-refractivity contribution in [1.29, 1.82) is 5.26 Å². The van der Waals surface area contributed by atoms with Crippen LogP contribution in [0.2, 0.25) is 0 Å². The molecule has 0 amide bonds. The van der Waals surface area contributed by atoms with Crippen LogP contribution in [-0.2, 0) is 12.0 Å². The van der Waals surface area contributed by atoms with E-state index >= 15 is 0 Å². The van der Waals surface area contributed by atoms with Crippen LogP contribution in [0.15, 0.2) is 34.9 Å². The predicted molar refractivity (Wildman–Crippen MR) is 78.7 cm³/mol. The van der Waals surface area contributed by atoms with Gasteiger partial charge in [0.05, 0.1) is 24.4 Å². The van der Waals surface area contributed by atoms with E-state index in [2.05, 4.69) is 35.4 Å². The van der Waals surface area contributed by atoms with Crippen molar-refractivity contribution in [2.24, 2.45) is 5.92 Å². The topological polar surface area (TPSA) is 57.9 Å². The summed E-state index contributed by atoms with van der Waals surface area (Å²) in [6.07, 6.45) is 4.08. The first-order valence-corrected chi connectivity index (χ1v) is 7.28. The number of pyridine rings is 1. The average Bonchev–Trinajstić information content (AvgIpc) is 2.86. The summed E-state index contributed by atoms with van der Waals surface area (Å²) < 4.78 is 5.26. The largest absolute Gasteiger partial charge is 0.481 e. The van der Waals surface area contributed by atoms with E-state index in [1.807, 2.05) is 6.07 Å². The van der Waals surface area contributed by atoms with Gasteiger partial charge in [0, 0.05) is 30.5 Å². The van der Waals surface area contributed by atoms with Crippen molar-refractivity contribution < 1.29 is 4.74 Å². The molecule has 3 aliphatic rings. The molecule has 2 heterocycles. The zero-order chi connectivity index (χ0) is 14.6. The Morgan fingerprint density at radius 2 is 2.33 bits per heavy atom. The van der Waals surface area contributed by atoms with E-state index in [-0.39, 0.29) is 11.5 Å². The van der Waals surface area contributed by atoms with E-state index in [0.29, 0.717) is 12.4 Å². The SMILES string of the molecule is COc1ccc2c(n1)C[C@H]1C=C(C)C[C@@]23NCC(C#N)=C13. The predicted octanol–water partition coefficient (Wildman–Crippen LogP) is 2.23. The van der Waals surface area contributed by atoms with Gasteiger partial charge in [0.1, 0.15) is 0 Å². The Morgan fingerprint density at radius 1 is 1.48 bits per heavy atom. The van der Waals surface area contributed by atoms with Gasteiger partial charge in [-0.05, 0) is 30.5 Å². The van der Waals surface area contributed by atoms with E-state index < -0.39 is 0 Å². The Kier molecular flexibility index (Phi) is 2.51. The first-order valence-electron chi connectivity index (χ1n) is 7.28. The molecule has 4 nitrogen and oxygen atoms in total. The van der Waals surface area contributed by atoms with E-state index in [4.69, 9.17) is 4.74 Å². The maximum atomic E-state index is 9.45. The van der Waals surface area contributed by atoms with Gasteiger partial charge in [-0.15, -0.1) is 0 Å². The molecule has 0 unspecified atom stereocenters. The molecule has 21 heavy (non-hydrogen) atoms. The van der Waals surface area contributed by atoms with Crippen LogP contribution in [-0.4, -0.2) is 18.6 Å². The third-order valence-corrected chi connectivity index (χ3v) is 4.92. The smallest absolute Gasteiger partial charge is 0.213 e. The lowest BCUT2D eigenvalue weighted by Crippen LogP contribution is -2.47. The quantitative estimate of drug-likeness (QED) is 0.801. The molecule has 1 N–H and O–H groups in total. The average molecular weight is 279 g/mol. The van der Waals surface area contributed by atoms with Crippen LogP contribution in [0.5, 0.6) is 5.88 Å². The number of allylic oxidation sites excluding steroid dienone is 1. The van der Waals surface area contributed by atoms with Gasteiger partial charge in [-0.25, -0.2) is 4.98 Å². The standard InChI is InChI=1S/C17H17N3O/c1-10-5-11-6-14-13(3-4-15(20-14)21-2)17(7-10)16(11)12(8-18)9-19-17/h3-5,11,19H,6-7,9H2,1-2H3/t11-,17-/m1/s1. The molecule has 1 aromatic heterocycles. The van der Waals surface area contributed by atoms with Crippen LogP contribution >= 0.6 is 0 Å². The number of fused-ring (bicyclic) bond motifs is 1. The summed E-state index contributed by atoms with van der Waals surface area (Å²) in [7, 11) is 1.65. The molecule has 1 aliphatic heterocycles. The molecule has 0 saturated carbocycles. The van der Waals surface area contributed by atoms with Crippen LogP contribution < -0.4 is 10.1 Å². The number of rotatable bonds is 1. The number of aromatic nitrogens is 1. The van der Waals surface area contributed by atoms with Crippen molar-refractivity contribution in [3.05, 3.63) is 46.2 Å². The number of nitrogens with zero attached hydrogens (tertiary/aromatic N) is 2. The van der Waals surface area contributed by atoms with Gasteiger partial charge in [-0.1, -0.05) is 11.6 Å². The Morgan fingerprint density at radius 3 is 3.10 bits per heavy atom. The minimum Gasteiger partial charge on any atom is -0.481 e. The zero-order valence-electron chi connectivity index (χ0n) is 12.2. The second kappa shape index (κ2) is 4.19. The summed E-state index contributed by atoms with van der Waals surface area (Å²) in [5.74, 6) is 0.949. The first-order chi connectivity index (χ1) is 10.2. The van der Waals surface area contributed by atoms with Gasteiger partial charge in [0.25, 0.3) is 0 Å². The lowest BCUT2D eigenvalue weighted by Gasteiger charge is -2.45. The maximum absolute atomic E-state index is 9.45. The number of ether oxygens (including phenoxy) is 1. The molecule has 0 fully saturated rings. The maximum Gasteiger partial charge on any atom is 0.213 e. The van der Waals surface area contributed by atoms with Gasteiger partial charge in [0.15, 0.2) is 0 Å². The number of methoxy groups -OCH3 is 1. The van der Waals surface area contributed by atoms with Crippen molar-refractivity contribution in [1.82, 2.24) is 10.3 Å². The lowest BCUT2D eigenvalue weighted by atomic mass is 9.63. The highest BCUT2D eigenvalue weighted by atomic mass is 16.5. The second-order valence-electron chi connectivity index (χ2n) is 6.11. The van der Waals surface area contributed by atoms with Crippen LogP contribution in [0.25, 0.3) is 0 Å². The molecule has 2 bridgehead atoms. The van der Waals surface area contributed by atoms with Gasteiger partial charge >= 0.3 is 0 Å². The van der Waals surface area contributed by atoms with Crippen molar-refractivity contribution in [3.63, 3.8) is 0 Å². The zero-order valence-corrected chi connectivity index (χ0v) is 12.2. The van der Waals surface area contributed by atoms with Crippen LogP contribution in [0.1, 0.15) is 24.6 Å². The Bertz CT molecular complexity index is 741. The summed E-state index contributed by atoms with van der Waals surface area (Å²) in [6, 6.07) is 6.43. The van der Waals surface area contributed by atoms with Crippen molar-refractivity contribution >= 4 is 0 Å². The molecule has 2 aliphatic carbocycles. The van der Waals surface area contributed by atoms with E-state index in [1.54, 1.807) is 7.11 Å². The third-order valence-electron chi connectivity index (χ3n) is 4.92. The van der Waals surface area contributed by atoms with E-state index in [1.165, 1.54) is 16.7 Å². The first kappa shape index (κ1) is 12.6. The summed E-state index contributed by atoms with van der Waals surface area (Å²) in [6.45, 7) is 2.84. The third kappa shape index (κ3) is 1.55. The molecule has 0 saturated heterocycles. The van der Waals surface area contributed by atoms with Gasteiger partial charge < -0.3 is 4.74 Å². The fourth-order valence-electron chi connectivity index (χ4n) is 4.23. The fraction of sp³-hybridized carbons (Fsp3) is 0.412. The van der Waals surface area contributed by atoms with Crippen molar-refractivity contribution in [2.45, 2.75) is 25.3 Å². The molecule has 106 valence electrons. The molecule has 4 rings (SSSR count). The second-order valence-corrected chi connectivity index (χ2v) is 6.11. The number of hydrogen-bond acceptors (Lipinski definition) is 4. The summed E-state index contributed by atoms with van der Waals surface area (Å²) in [4.78, 5) is 4.65. The highest BCUT2D eigenvalue weighted by molar-refractivity contribution is 5.57. The molecule has 0 radical (unpaired) electrons. The molecule has 4 heteroatoms. The normalized spacial score (nSPS) is 29.4. The lowest BCUT2D eigenvalue weighted by molar-refractivity contribution is 0.352. The van der Waals surface area contributed by atoms with Gasteiger partial charge in [-0.3, -0.25) is 5.32 Å². The molecule has 1 aromatic rings. The van der Waals surface area contributed by atoms with Gasteiger partial charge in [0.2, 0.25) is 5.88 Å². The van der Waals surface area contributed by atoms with E-state index in [9.17, 15) is 5.26 Å². The minimum absolute atomic E-state index is 0.221. The highest BCUT2D eigenvalue weighted by Crippen LogP contribution is 2.53. The minimum atomic E-state index is -0.221. The summed E-state index contributed by atoms with van der Waals surface area (Å²) in [5.41, 5.74) is 5.66. The highest BCUT2D eigenvalue weighted by Gasteiger charge is 2.51. The number of hydrogen-bond donors (Lipinski definition) is 1. The van der Waals surface area contributed by atoms with Crippen LogP contribution in [0.4, 0.5) is 0 Å². The van der Waals surface area contributed by atoms with Crippen LogP contribution in [0.3, 0.4) is 0 Å². The Labute approximate surface area is 124 Å². The summed E-state index contributed by atoms with van der Waals surface area (Å²) in [5, 5.41) is 13.1. The Balaban J connectivity index is 1.98. The molecule has 0 spiro atoms. The van der Waals surface area contributed by atoms with Gasteiger partial charge in [-0.2, -0.15) is 5.26 Å². The number of nitrogens with one attached hydrogen (secondary N) is 1. The molecular weight excluding hydrogens is 262 g/mol. The van der Waals surface area contributed by atoms with Crippen LogP contribution in [0, 0.1) is 17.2 Å². The summed E-state index contributed by atoms with van der Waals surface area (Å²) >= 11 is 0. The Hall–Kier alpha value is -2.12. The molecule has 0 aromatic carbocycles. The van der Waals surface area contributed by atoms with E-state index in [0.717, 1.165) is 24.1 Å². The number of nitriles is 1. The monoisotopic (exact) mass is 279 g/mol. The molecular formula is C17H17N3O.